The van der Waals surface area contributed by atoms with Crippen LogP contribution < -0.4 is 5.73 Å². The third kappa shape index (κ3) is 2.03. The summed E-state index contributed by atoms with van der Waals surface area (Å²) < 4.78 is 0. The second kappa shape index (κ2) is 4.11. The lowest BCUT2D eigenvalue weighted by Crippen LogP contribution is -2.09. The van der Waals surface area contributed by atoms with Crippen molar-refractivity contribution in [3.63, 3.8) is 0 Å². The predicted molar refractivity (Wildman–Crippen MR) is 44.2 cm³/mol. The maximum Gasteiger partial charge on any atom is 0.0512 e. The maximum absolute atomic E-state index is 8.86. The highest BCUT2D eigenvalue weighted by atomic mass is 16.3. The molecule has 0 aliphatic heterocycles. The Morgan fingerprint density at radius 3 is 2.36 bits per heavy atom. The van der Waals surface area contributed by atoms with Gasteiger partial charge in [0.2, 0.25) is 0 Å². The predicted octanol–water partition coefficient (Wildman–Crippen LogP) is 1.05. The van der Waals surface area contributed by atoms with Crippen LogP contribution in [0.25, 0.3) is 0 Å². The summed E-state index contributed by atoms with van der Waals surface area (Å²) >= 11 is 0. The van der Waals surface area contributed by atoms with Crippen LogP contribution in [0.4, 0.5) is 0 Å². The molecule has 1 atom stereocenters. The molecule has 0 heterocycles. The number of benzene rings is 1. The molecule has 0 amide bonds. The van der Waals surface area contributed by atoms with Crippen LogP contribution in [0.3, 0.4) is 0 Å². The van der Waals surface area contributed by atoms with Crippen LogP contribution in [-0.4, -0.2) is 18.3 Å². The average Bonchev–Trinajstić information content (AvgIpc) is 2.09. The summed E-state index contributed by atoms with van der Waals surface area (Å²) in [5, 5.41) is 8.86. The van der Waals surface area contributed by atoms with Crippen molar-refractivity contribution in [2.45, 2.75) is 5.92 Å². The minimum absolute atomic E-state index is 0.0174. The zero-order valence-corrected chi connectivity index (χ0v) is 6.33. The van der Waals surface area contributed by atoms with Crippen molar-refractivity contribution in [3.05, 3.63) is 35.9 Å². The molecule has 0 saturated heterocycles. The third-order valence-electron chi connectivity index (χ3n) is 1.74. The summed E-state index contributed by atoms with van der Waals surface area (Å²) in [5.74, 6) is -0.0174. The molecule has 11 heavy (non-hydrogen) atoms. The van der Waals surface area contributed by atoms with E-state index in [-0.39, 0.29) is 19.1 Å². The first-order chi connectivity index (χ1) is 5.38. The first-order valence-electron chi connectivity index (χ1n) is 3.69. The molecule has 0 aromatic heterocycles. The summed E-state index contributed by atoms with van der Waals surface area (Å²) in [6.07, 6.45) is 0. The normalized spacial score (nSPS) is 12.9. The van der Waals surface area contributed by atoms with Crippen molar-refractivity contribution >= 4 is 0 Å². The van der Waals surface area contributed by atoms with Gasteiger partial charge in [0.25, 0.3) is 0 Å². The number of hydrogen-bond acceptors (Lipinski definition) is 1. The van der Waals surface area contributed by atoms with E-state index < -0.39 is 0 Å². The van der Waals surface area contributed by atoms with Crippen molar-refractivity contribution in [1.29, 1.82) is 0 Å². The Balaban J connectivity index is 2.74. The Hall–Kier alpha value is -0.860. The lowest BCUT2D eigenvalue weighted by atomic mass is 10.0. The largest absolute Gasteiger partial charge is 0.396 e. The summed E-state index contributed by atoms with van der Waals surface area (Å²) in [4.78, 5) is 0. The van der Waals surface area contributed by atoms with Crippen LogP contribution in [-0.2, 0) is 0 Å². The molecule has 1 aromatic rings. The van der Waals surface area contributed by atoms with Gasteiger partial charge in [0, 0.05) is 12.5 Å². The van der Waals surface area contributed by atoms with E-state index in [1.807, 2.05) is 30.3 Å². The second-order valence-electron chi connectivity index (χ2n) is 2.49. The molecule has 2 nitrogen and oxygen atoms in total. The van der Waals surface area contributed by atoms with Crippen LogP contribution in [0.5, 0.6) is 0 Å². The molecule has 1 rings (SSSR count). The Morgan fingerprint density at radius 2 is 1.91 bits per heavy atom. The van der Waals surface area contributed by atoms with E-state index >= 15 is 0 Å². The smallest absolute Gasteiger partial charge is 0.0512 e. The zero-order valence-electron chi connectivity index (χ0n) is 6.33. The van der Waals surface area contributed by atoms with Crippen LogP contribution in [0, 0.1) is 0 Å². The Kier molecular flexibility index (Phi) is 3.08. The molecule has 0 saturated carbocycles. The Labute approximate surface area is 66.7 Å². The van der Waals surface area contributed by atoms with Crippen molar-refractivity contribution in [3.8, 4) is 0 Å². The lowest BCUT2D eigenvalue weighted by molar-refractivity contribution is 0.267. The molecule has 0 aliphatic carbocycles. The van der Waals surface area contributed by atoms with Crippen molar-refractivity contribution < 1.29 is 5.11 Å². The van der Waals surface area contributed by atoms with E-state index in [1.165, 1.54) is 0 Å². The number of nitrogens with one attached hydrogen (secondary N) is 1. The lowest BCUT2D eigenvalue weighted by Gasteiger charge is -2.09. The van der Waals surface area contributed by atoms with Crippen molar-refractivity contribution in [1.82, 2.24) is 5.73 Å². The van der Waals surface area contributed by atoms with Gasteiger partial charge in [0.15, 0.2) is 0 Å². The molecule has 0 spiro atoms. The van der Waals surface area contributed by atoms with Gasteiger partial charge in [-0.05, 0) is 5.56 Å². The molecule has 2 N–H and O–H groups in total. The summed E-state index contributed by atoms with van der Waals surface area (Å²) in [6.45, 7) is 0.314. The maximum atomic E-state index is 8.86. The fourth-order valence-electron chi connectivity index (χ4n) is 1.01. The molecule has 1 unspecified atom stereocenters. The average molecular weight is 150 g/mol. The van der Waals surface area contributed by atoms with Gasteiger partial charge in [-0.15, -0.1) is 0 Å². The molecular formula is C9H12NO. The van der Waals surface area contributed by atoms with Gasteiger partial charge in [-0.1, -0.05) is 30.3 Å². The van der Waals surface area contributed by atoms with E-state index in [0.717, 1.165) is 5.56 Å². The number of aliphatic hydroxyl groups excluding tert-OH is 1. The van der Waals surface area contributed by atoms with E-state index in [4.69, 9.17) is 10.8 Å². The number of rotatable bonds is 3. The first kappa shape index (κ1) is 8.24. The molecular weight excluding hydrogens is 138 g/mol. The van der Waals surface area contributed by atoms with E-state index in [1.54, 1.807) is 0 Å². The number of aliphatic hydroxyl groups is 1. The highest BCUT2D eigenvalue weighted by Gasteiger charge is 2.06. The van der Waals surface area contributed by atoms with Gasteiger partial charge in [0.05, 0.1) is 6.61 Å². The van der Waals surface area contributed by atoms with Gasteiger partial charge in [0.1, 0.15) is 0 Å². The van der Waals surface area contributed by atoms with Crippen molar-refractivity contribution in [2.24, 2.45) is 0 Å². The van der Waals surface area contributed by atoms with Crippen LogP contribution in [0.15, 0.2) is 30.3 Å². The molecule has 0 aliphatic rings. The quantitative estimate of drug-likeness (QED) is 0.687. The zero-order chi connectivity index (χ0) is 8.10. The van der Waals surface area contributed by atoms with E-state index in [0.29, 0.717) is 0 Å². The molecule has 1 radical (unpaired) electrons. The highest BCUT2D eigenvalue weighted by molar-refractivity contribution is 5.19. The van der Waals surface area contributed by atoms with Crippen molar-refractivity contribution in [2.75, 3.05) is 13.2 Å². The summed E-state index contributed by atoms with van der Waals surface area (Å²) in [7, 11) is 0. The van der Waals surface area contributed by atoms with Gasteiger partial charge >= 0.3 is 0 Å². The monoisotopic (exact) mass is 150 g/mol. The van der Waals surface area contributed by atoms with Crippen LogP contribution in [0.1, 0.15) is 11.5 Å². The van der Waals surface area contributed by atoms with E-state index in [9.17, 15) is 0 Å². The SMILES string of the molecule is [NH]CC(CO)c1ccccc1. The highest BCUT2D eigenvalue weighted by Crippen LogP contribution is 2.12. The molecule has 0 fully saturated rings. The minimum Gasteiger partial charge on any atom is -0.396 e. The van der Waals surface area contributed by atoms with Gasteiger partial charge in [-0.3, -0.25) is 5.73 Å². The fourth-order valence-corrected chi connectivity index (χ4v) is 1.01. The molecule has 1 aromatic carbocycles. The Bertz CT molecular complexity index is 194. The first-order valence-corrected chi connectivity index (χ1v) is 3.69. The number of hydrogen-bond donors (Lipinski definition) is 1. The van der Waals surface area contributed by atoms with E-state index in [2.05, 4.69) is 0 Å². The fraction of sp³-hybridized carbons (Fsp3) is 0.333. The van der Waals surface area contributed by atoms with Crippen LogP contribution >= 0.6 is 0 Å². The topological polar surface area (TPSA) is 44.0 Å². The summed E-state index contributed by atoms with van der Waals surface area (Å²) in [5.41, 5.74) is 8.18. The molecule has 59 valence electrons. The second-order valence-corrected chi connectivity index (χ2v) is 2.49. The van der Waals surface area contributed by atoms with Gasteiger partial charge < -0.3 is 5.11 Å². The van der Waals surface area contributed by atoms with Gasteiger partial charge in [-0.2, -0.15) is 0 Å². The Morgan fingerprint density at radius 1 is 1.27 bits per heavy atom. The van der Waals surface area contributed by atoms with Gasteiger partial charge in [-0.25, -0.2) is 0 Å². The molecule has 0 bridgehead atoms. The summed E-state index contributed by atoms with van der Waals surface area (Å²) in [6, 6.07) is 9.66. The molecule has 2 heteroatoms. The minimum atomic E-state index is -0.0174. The van der Waals surface area contributed by atoms with Crippen LogP contribution in [0.2, 0.25) is 0 Å². The third-order valence-corrected chi connectivity index (χ3v) is 1.74. The standard InChI is InChI=1S/C9H12NO/c10-6-9(7-11)8-4-2-1-3-5-8/h1-5,9-11H,6-7H2.